The normalized spacial score (nSPS) is 24.3. The second-order valence-corrected chi connectivity index (χ2v) is 8.13. The number of nitrogens with zero attached hydrogens (tertiary/aromatic N) is 2. The van der Waals surface area contributed by atoms with Crippen LogP contribution in [0.25, 0.3) is 0 Å². The van der Waals surface area contributed by atoms with Crippen LogP contribution in [-0.4, -0.2) is 70.1 Å². The van der Waals surface area contributed by atoms with Gasteiger partial charge in [-0.3, -0.25) is 14.6 Å². The maximum Gasteiger partial charge on any atom is 0.408 e. The Morgan fingerprint density at radius 2 is 1.60 bits per heavy atom. The van der Waals surface area contributed by atoms with E-state index in [0.29, 0.717) is 0 Å². The number of hydrazine groups is 1. The number of ether oxygens (including phenoxy) is 2. The van der Waals surface area contributed by atoms with Crippen LogP contribution in [0, 0.1) is 0 Å². The number of nitrogens with one attached hydrogen (secondary N) is 1. The number of amides is 2. The molecule has 0 aromatic heterocycles. The first-order chi connectivity index (χ1) is 11.3. The zero-order valence-corrected chi connectivity index (χ0v) is 15.4. The fourth-order valence-corrected chi connectivity index (χ4v) is 2.66. The van der Waals surface area contributed by atoms with Crippen LogP contribution in [0.4, 0.5) is 4.79 Å². The van der Waals surface area contributed by atoms with Crippen molar-refractivity contribution in [1.29, 1.82) is 0 Å². The molecule has 2 aliphatic heterocycles. The van der Waals surface area contributed by atoms with Gasteiger partial charge in [-0.2, -0.15) is 0 Å². The molecule has 0 aromatic carbocycles. The number of Topliss-reactive ketones (excluding diaryl/α,β-unsaturated/α-hetero) is 1. The molecule has 140 valence electrons. The van der Waals surface area contributed by atoms with Crippen molar-refractivity contribution >= 4 is 23.8 Å². The molecule has 0 aromatic rings. The van der Waals surface area contributed by atoms with Gasteiger partial charge in [0.05, 0.1) is 6.54 Å². The molecule has 2 heterocycles. The highest BCUT2D eigenvalue weighted by Gasteiger charge is 2.54. The van der Waals surface area contributed by atoms with Gasteiger partial charge in [-0.15, -0.1) is 0 Å². The lowest BCUT2D eigenvalue weighted by Crippen LogP contribution is -2.50. The predicted octanol–water partition coefficient (Wildman–Crippen LogP) is 0.232. The van der Waals surface area contributed by atoms with E-state index in [0.717, 1.165) is 5.01 Å². The molecular weight excluding hydrogens is 330 g/mol. The number of alkyl carbamates (subject to hydrolysis) is 1. The summed E-state index contributed by atoms with van der Waals surface area (Å²) in [4.78, 5) is 48.9. The topological polar surface area (TPSA) is 105 Å². The van der Waals surface area contributed by atoms with Crippen LogP contribution in [0.2, 0.25) is 0 Å². The summed E-state index contributed by atoms with van der Waals surface area (Å²) in [7, 11) is 0. The molecule has 2 atom stereocenters. The number of esters is 1. The summed E-state index contributed by atoms with van der Waals surface area (Å²) in [6.07, 6.45) is -0.728. The van der Waals surface area contributed by atoms with Gasteiger partial charge < -0.3 is 14.8 Å². The second kappa shape index (κ2) is 6.29. The molecule has 0 bridgehead atoms. The smallest absolute Gasteiger partial charge is 0.408 e. The van der Waals surface area contributed by atoms with Gasteiger partial charge in [-0.1, -0.05) is 0 Å². The van der Waals surface area contributed by atoms with Gasteiger partial charge in [0.2, 0.25) is 6.04 Å². The number of hydrogen-bond acceptors (Lipinski definition) is 7. The Hall–Kier alpha value is -2.16. The molecule has 2 aliphatic rings. The van der Waals surface area contributed by atoms with Crippen LogP contribution in [-0.2, 0) is 23.9 Å². The van der Waals surface area contributed by atoms with E-state index in [-0.39, 0.29) is 13.1 Å². The average molecular weight is 355 g/mol. The Bertz CT molecular complexity index is 604. The van der Waals surface area contributed by atoms with Crippen LogP contribution in [0.5, 0.6) is 0 Å². The standard InChI is InChI=1S/C16H25N3O6/c1-15(2,3)24-13(22)11-10(20)8-18-7-9(12(21)19(11)18)17-14(23)25-16(4,5)6/h9,11H,7-8H2,1-6H3,(H,17,23)/t9-,11?/m0/s1. The quantitative estimate of drug-likeness (QED) is 0.558. The lowest BCUT2D eigenvalue weighted by atomic mass is 10.1. The zero-order valence-electron chi connectivity index (χ0n) is 15.4. The Morgan fingerprint density at radius 3 is 2.12 bits per heavy atom. The van der Waals surface area contributed by atoms with Crippen LogP contribution < -0.4 is 5.32 Å². The van der Waals surface area contributed by atoms with E-state index in [4.69, 9.17) is 9.47 Å². The number of rotatable bonds is 2. The molecule has 2 amide bonds. The molecule has 9 heteroatoms. The van der Waals surface area contributed by atoms with Gasteiger partial charge in [0.15, 0.2) is 5.78 Å². The molecule has 1 unspecified atom stereocenters. The van der Waals surface area contributed by atoms with Gasteiger partial charge in [-0.05, 0) is 41.5 Å². The summed E-state index contributed by atoms with van der Waals surface area (Å²) in [6.45, 7) is 10.2. The van der Waals surface area contributed by atoms with Crippen LogP contribution >= 0.6 is 0 Å². The molecule has 2 rings (SSSR count). The number of carbonyl (C=O) groups excluding carboxylic acids is 4. The summed E-state index contributed by atoms with van der Waals surface area (Å²) >= 11 is 0. The molecule has 0 saturated carbocycles. The van der Waals surface area contributed by atoms with Crippen molar-refractivity contribution in [3.63, 3.8) is 0 Å². The minimum absolute atomic E-state index is 0.0812. The summed E-state index contributed by atoms with van der Waals surface area (Å²) in [5.74, 6) is -1.71. The van der Waals surface area contributed by atoms with Crippen molar-refractivity contribution in [2.75, 3.05) is 13.1 Å². The number of ketones is 1. The first-order valence-corrected chi connectivity index (χ1v) is 8.11. The maximum absolute atomic E-state index is 12.6. The fraction of sp³-hybridized carbons (Fsp3) is 0.750. The van der Waals surface area contributed by atoms with E-state index in [1.165, 1.54) is 5.01 Å². The lowest BCUT2D eigenvalue weighted by molar-refractivity contribution is -0.168. The fourth-order valence-electron chi connectivity index (χ4n) is 2.66. The third-order valence-corrected chi connectivity index (χ3v) is 3.43. The molecule has 0 spiro atoms. The third-order valence-electron chi connectivity index (χ3n) is 3.43. The molecule has 2 fully saturated rings. The highest BCUT2D eigenvalue weighted by Crippen LogP contribution is 2.25. The van der Waals surface area contributed by atoms with Crippen molar-refractivity contribution in [2.45, 2.75) is 64.8 Å². The Labute approximate surface area is 146 Å². The lowest BCUT2D eigenvalue weighted by Gasteiger charge is -2.26. The highest BCUT2D eigenvalue weighted by molar-refractivity contribution is 6.09. The second-order valence-electron chi connectivity index (χ2n) is 8.13. The molecule has 2 saturated heterocycles. The largest absolute Gasteiger partial charge is 0.458 e. The van der Waals surface area contributed by atoms with Gasteiger partial charge >= 0.3 is 12.1 Å². The van der Waals surface area contributed by atoms with Crippen molar-refractivity contribution < 1.29 is 28.7 Å². The molecular formula is C16H25N3O6. The predicted molar refractivity (Wildman–Crippen MR) is 86.2 cm³/mol. The summed E-state index contributed by atoms with van der Waals surface area (Å²) in [5.41, 5.74) is -1.47. The van der Waals surface area contributed by atoms with Gasteiger partial charge in [0.1, 0.15) is 17.2 Å². The molecule has 0 radical (unpaired) electrons. The highest BCUT2D eigenvalue weighted by atomic mass is 16.6. The van der Waals surface area contributed by atoms with Crippen LogP contribution in [0.1, 0.15) is 41.5 Å². The van der Waals surface area contributed by atoms with Gasteiger partial charge in [-0.25, -0.2) is 14.6 Å². The van der Waals surface area contributed by atoms with Crippen molar-refractivity contribution in [3.8, 4) is 0 Å². The van der Waals surface area contributed by atoms with Gasteiger partial charge in [0, 0.05) is 6.54 Å². The van der Waals surface area contributed by atoms with Crippen molar-refractivity contribution in [2.24, 2.45) is 0 Å². The molecule has 9 nitrogen and oxygen atoms in total. The SMILES string of the molecule is CC(C)(C)OC(=O)N[C@H]1CN2CC(=O)C(C(=O)OC(C)(C)C)N2C1=O. The van der Waals surface area contributed by atoms with Crippen molar-refractivity contribution in [1.82, 2.24) is 15.3 Å². The number of carbonyl (C=O) groups is 4. The van der Waals surface area contributed by atoms with Crippen molar-refractivity contribution in [3.05, 3.63) is 0 Å². The Morgan fingerprint density at radius 1 is 1.04 bits per heavy atom. The van der Waals surface area contributed by atoms with E-state index >= 15 is 0 Å². The van der Waals surface area contributed by atoms with E-state index in [1.807, 2.05) is 0 Å². The number of fused-ring (bicyclic) bond motifs is 1. The summed E-state index contributed by atoms with van der Waals surface area (Å²) in [5, 5.41) is 5.01. The van der Waals surface area contributed by atoms with Crippen LogP contribution in [0.3, 0.4) is 0 Å². The Kier molecular flexibility index (Phi) is 4.82. The third kappa shape index (κ3) is 4.47. The summed E-state index contributed by atoms with van der Waals surface area (Å²) < 4.78 is 10.4. The first-order valence-electron chi connectivity index (χ1n) is 8.11. The number of hydrogen-bond donors (Lipinski definition) is 1. The van der Waals surface area contributed by atoms with E-state index in [1.54, 1.807) is 41.5 Å². The minimum Gasteiger partial charge on any atom is -0.458 e. The van der Waals surface area contributed by atoms with E-state index in [9.17, 15) is 19.2 Å². The first kappa shape index (κ1) is 19.2. The average Bonchev–Trinajstić information content (AvgIpc) is 2.82. The van der Waals surface area contributed by atoms with Gasteiger partial charge in [0.25, 0.3) is 5.91 Å². The van der Waals surface area contributed by atoms with E-state index < -0.39 is 47.0 Å². The minimum atomic E-state index is -1.31. The monoisotopic (exact) mass is 355 g/mol. The molecule has 1 N–H and O–H groups in total. The van der Waals surface area contributed by atoms with E-state index in [2.05, 4.69) is 5.32 Å². The maximum atomic E-state index is 12.6. The Balaban J connectivity index is 2.08. The van der Waals surface area contributed by atoms with Crippen LogP contribution in [0.15, 0.2) is 0 Å². The molecule has 0 aliphatic carbocycles. The summed E-state index contributed by atoms with van der Waals surface area (Å²) in [6, 6.07) is -2.19. The molecule has 25 heavy (non-hydrogen) atoms. The zero-order chi connectivity index (χ0) is 19.2.